The molecule has 2 aromatic heterocycles. The topological polar surface area (TPSA) is 62.2 Å². The third kappa shape index (κ3) is 2.81. The molecule has 7 heteroatoms. The lowest BCUT2D eigenvalue weighted by Crippen LogP contribution is -2.48. The van der Waals surface area contributed by atoms with Gasteiger partial charge in [-0.3, -0.25) is 9.78 Å². The Morgan fingerprint density at radius 3 is 2.88 bits per heavy atom. The van der Waals surface area contributed by atoms with Crippen molar-refractivity contribution in [1.82, 2.24) is 19.9 Å². The van der Waals surface area contributed by atoms with Crippen LogP contribution in [-0.2, 0) is 11.8 Å². The van der Waals surface area contributed by atoms with E-state index >= 15 is 0 Å². The maximum Gasteiger partial charge on any atom is 0.255 e. The molecule has 1 atom stereocenters. The van der Waals surface area contributed by atoms with Crippen molar-refractivity contribution < 1.29 is 9.18 Å². The summed E-state index contributed by atoms with van der Waals surface area (Å²) in [7, 11) is 3.86. The molecule has 6 nitrogen and oxygen atoms in total. The number of amides is 1. The van der Waals surface area contributed by atoms with Crippen LogP contribution in [0.15, 0.2) is 24.7 Å². The van der Waals surface area contributed by atoms with Gasteiger partial charge < -0.3 is 9.80 Å². The van der Waals surface area contributed by atoms with E-state index in [1.54, 1.807) is 0 Å². The Morgan fingerprint density at radius 1 is 1.27 bits per heavy atom. The second kappa shape index (κ2) is 6.30. The molecule has 4 rings (SSSR count). The molecule has 1 aliphatic carbocycles. The number of hydrogen-bond acceptors (Lipinski definition) is 5. The zero-order valence-corrected chi connectivity index (χ0v) is 15.1. The van der Waals surface area contributed by atoms with Gasteiger partial charge in [0.2, 0.25) is 5.95 Å². The van der Waals surface area contributed by atoms with Gasteiger partial charge in [-0.2, -0.15) is 0 Å². The average Bonchev–Trinajstić information content (AvgIpc) is 2.98. The van der Waals surface area contributed by atoms with E-state index < -0.39 is 5.82 Å². The molecule has 26 heavy (non-hydrogen) atoms. The molecule has 0 saturated carbocycles. The molecule has 0 N–H and O–H groups in total. The Hall–Kier alpha value is -2.57. The average molecular weight is 355 g/mol. The van der Waals surface area contributed by atoms with Gasteiger partial charge in [0.1, 0.15) is 5.82 Å². The van der Waals surface area contributed by atoms with E-state index in [4.69, 9.17) is 4.98 Å². The monoisotopic (exact) mass is 355 g/mol. The Bertz CT molecular complexity index is 852. The Kier molecular flexibility index (Phi) is 4.09. The summed E-state index contributed by atoms with van der Waals surface area (Å²) in [5, 5.41) is 0. The number of fused-ring (bicyclic) bond motifs is 2. The number of halogens is 1. The first kappa shape index (κ1) is 16.9. The molecule has 1 spiro atoms. The molecule has 136 valence electrons. The van der Waals surface area contributed by atoms with Gasteiger partial charge in [-0.1, -0.05) is 0 Å². The highest BCUT2D eigenvalue weighted by Gasteiger charge is 2.45. The second-order valence-electron chi connectivity index (χ2n) is 7.44. The van der Waals surface area contributed by atoms with Gasteiger partial charge in [-0.05, 0) is 37.3 Å². The molecule has 0 radical (unpaired) electrons. The van der Waals surface area contributed by atoms with Crippen molar-refractivity contribution in [3.8, 4) is 0 Å². The fourth-order valence-corrected chi connectivity index (χ4v) is 4.16. The minimum Gasteiger partial charge on any atom is -0.347 e. The van der Waals surface area contributed by atoms with E-state index in [0.29, 0.717) is 24.6 Å². The minimum absolute atomic E-state index is 0.127. The lowest BCUT2D eigenvalue weighted by Gasteiger charge is -2.40. The number of piperidine rings is 1. The first-order chi connectivity index (χ1) is 12.5. The van der Waals surface area contributed by atoms with Gasteiger partial charge in [-0.25, -0.2) is 14.4 Å². The molecule has 2 aromatic rings. The summed E-state index contributed by atoms with van der Waals surface area (Å²) in [4.78, 5) is 29.6. The largest absolute Gasteiger partial charge is 0.347 e. The van der Waals surface area contributed by atoms with E-state index in [9.17, 15) is 9.18 Å². The highest BCUT2D eigenvalue weighted by atomic mass is 19.1. The first-order valence-corrected chi connectivity index (χ1v) is 8.92. The van der Waals surface area contributed by atoms with Gasteiger partial charge in [0, 0.05) is 45.0 Å². The summed E-state index contributed by atoms with van der Waals surface area (Å²) < 4.78 is 13.5. The van der Waals surface area contributed by atoms with E-state index in [1.165, 1.54) is 17.8 Å². The Morgan fingerprint density at radius 2 is 2.12 bits per heavy atom. The lowest BCUT2D eigenvalue weighted by molar-refractivity contribution is 0.0632. The van der Waals surface area contributed by atoms with Crippen molar-refractivity contribution in [1.29, 1.82) is 0 Å². The number of carbonyl (C=O) groups is 1. The smallest absolute Gasteiger partial charge is 0.255 e. The number of aromatic nitrogens is 3. The molecule has 1 unspecified atom stereocenters. The minimum atomic E-state index is -0.489. The van der Waals surface area contributed by atoms with Crippen molar-refractivity contribution in [3.05, 3.63) is 47.3 Å². The molecule has 1 amide bonds. The van der Waals surface area contributed by atoms with Crippen molar-refractivity contribution in [2.75, 3.05) is 32.1 Å². The number of hydrogen-bond donors (Lipinski definition) is 0. The summed E-state index contributed by atoms with van der Waals surface area (Å²) in [6.45, 7) is 1.29. The fourth-order valence-electron chi connectivity index (χ4n) is 4.16. The number of rotatable bonds is 2. The number of pyridine rings is 1. The quantitative estimate of drug-likeness (QED) is 0.826. The normalized spacial score (nSPS) is 21.7. The highest BCUT2D eigenvalue weighted by molar-refractivity contribution is 5.94. The van der Waals surface area contributed by atoms with Crippen LogP contribution in [0.3, 0.4) is 0 Å². The summed E-state index contributed by atoms with van der Waals surface area (Å²) in [5.41, 5.74) is 2.43. The van der Waals surface area contributed by atoms with E-state index in [0.717, 1.165) is 37.6 Å². The summed E-state index contributed by atoms with van der Waals surface area (Å²) in [5.74, 6) is 0.0476. The third-order valence-electron chi connectivity index (χ3n) is 5.44. The van der Waals surface area contributed by atoms with Crippen molar-refractivity contribution >= 4 is 11.9 Å². The molecule has 1 aliphatic heterocycles. The second-order valence-corrected chi connectivity index (χ2v) is 7.44. The molecule has 0 aromatic carbocycles. The van der Waals surface area contributed by atoms with Crippen LogP contribution in [0.4, 0.5) is 10.3 Å². The number of aryl methyl sites for hydroxylation is 1. The molecule has 0 bridgehead atoms. The van der Waals surface area contributed by atoms with E-state index in [-0.39, 0.29) is 11.3 Å². The molecular formula is C19H22FN5O. The van der Waals surface area contributed by atoms with Crippen LogP contribution < -0.4 is 4.90 Å². The van der Waals surface area contributed by atoms with Crippen LogP contribution in [0.2, 0.25) is 0 Å². The van der Waals surface area contributed by atoms with Crippen LogP contribution >= 0.6 is 0 Å². The van der Waals surface area contributed by atoms with Gasteiger partial charge in [0.05, 0.1) is 17.5 Å². The van der Waals surface area contributed by atoms with Gasteiger partial charge in [0.15, 0.2) is 0 Å². The Balaban J connectivity index is 1.64. The van der Waals surface area contributed by atoms with E-state index in [2.05, 4.69) is 9.97 Å². The van der Waals surface area contributed by atoms with Crippen LogP contribution in [0, 0.1) is 5.82 Å². The maximum absolute atomic E-state index is 13.5. The fraction of sp³-hybridized carbons (Fsp3) is 0.474. The molecule has 1 saturated heterocycles. The molecule has 2 aliphatic rings. The van der Waals surface area contributed by atoms with Crippen molar-refractivity contribution in [2.24, 2.45) is 0 Å². The number of carbonyl (C=O) groups excluding carboxylic acids is 1. The summed E-state index contributed by atoms with van der Waals surface area (Å²) in [6.07, 6.45) is 8.29. The van der Waals surface area contributed by atoms with Crippen LogP contribution in [0.1, 0.15) is 40.9 Å². The molecule has 3 heterocycles. The number of anilines is 1. The summed E-state index contributed by atoms with van der Waals surface area (Å²) in [6, 6.07) is 1.26. The predicted octanol–water partition coefficient (Wildman–Crippen LogP) is 2.20. The Labute approximate surface area is 152 Å². The lowest BCUT2D eigenvalue weighted by atomic mass is 9.77. The van der Waals surface area contributed by atoms with Gasteiger partial charge >= 0.3 is 0 Å². The summed E-state index contributed by atoms with van der Waals surface area (Å²) >= 11 is 0. The van der Waals surface area contributed by atoms with Crippen LogP contribution in [-0.4, -0.2) is 52.9 Å². The van der Waals surface area contributed by atoms with Crippen LogP contribution in [0.5, 0.6) is 0 Å². The number of nitrogens with zero attached hydrogens (tertiary/aromatic N) is 5. The zero-order chi connectivity index (χ0) is 18.3. The van der Waals surface area contributed by atoms with Gasteiger partial charge in [0.25, 0.3) is 5.91 Å². The molecular weight excluding hydrogens is 333 g/mol. The van der Waals surface area contributed by atoms with E-state index in [1.807, 2.05) is 30.1 Å². The van der Waals surface area contributed by atoms with Gasteiger partial charge in [-0.15, -0.1) is 0 Å². The SMILES string of the molecule is CN(C)c1ncc2c(n1)C1(CCCN(C(=O)c3cncc(F)c3)C1)CC2. The predicted molar refractivity (Wildman–Crippen MR) is 95.7 cm³/mol. The standard InChI is InChI=1S/C19H22FN5O/c1-24(2)18-22-10-13-4-6-19(16(13)23-18)5-3-7-25(12-19)17(26)14-8-15(20)11-21-9-14/h8-11H,3-7,12H2,1-2H3. The molecule has 1 fully saturated rings. The zero-order valence-electron chi connectivity index (χ0n) is 15.1. The highest BCUT2D eigenvalue weighted by Crippen LogP contribution is 2.44. The van der Waals surface area contributed by atoms with Crippen molar-refractivity contribution in [3.63, 3.8) is 0 Å². The third-order valence-corrected chi connectivity index (χ3v) is 5.44. The first-order valence-electron chi connectivity index (χ1n) is 8.92. The number of likely N-dealkylation sites (tertiary alicyclic amines) is 1. The van der Waals surface area contributed by atoms with Crippen LogP contribution in [0.25, 0.3) is 0 Å². The maximum atomic E-state index is 13.5. The van der Waals surface area contributed by atoms with Crippen molar-refractivity contribution in [2.45, 2.75) is 31.1 Å².